The summed E-state index contributed by atoms with van der Waals surface area (Å²) in [4.78, 5) is 66.5. The van der Waals surface area contributed by atoms with Gasteiger partial charge in [0.05, 0.1) is 39.6 Å². The van der Waals surface area contributed by atoms with Crippen molar-refractivity contribution < 1.29 is 70.0 Å². The Hall–Kier alpha value is -3.39. The second-order valence-corrected chi connectivity index (χ2v) is 7.98. The lowest BCUT2D eigenvalue weighted by molar-refractivity contribution is -0.160. The Morgan fingerprint density at radius 1 is 0.683 bits per heavy atom. The zero-order valence-electron chi connectivity index (χ0n) is 23.9. The highest BCUT2D eigenvalue weighted by atomic mass is 32.3. The molecule has 5 N–H and O–H groups in total. The molecular weight excluding hydrogens is 578 g/mol. The van der Waals surface area contributed by atoms with Crippen molar-refractivity contribution in [1.29, 1.82) is 0 Å². The Morgan fingerprint density at radius 2 is 0.927 bits per heavy atom. The van der Waals surface area contributed by atoms with Crippen LogP contribution in [-0.2, 0) is 62.9 Å². The predicted octanol–water partition coefficient (Wildman–Crippen LogP) is -1.81. The van der Waals surface area contributed by atoms with Gasteiger partial charge < -0.3 is 39.6 Å². The van der Waals surface area contributed by atoms with Crippen LogP contribution in [0, 0.1) is 0 Å². The van der Waals surface area contributed by atoms with E-state index in [4.69, 9.17) is 22.3 Å². The molecule has 0 atom stereocenters. The van der Waals surface area contributed by atoms with E-state index in [1.54, 1.807) is 27.7 Å². The largest absolute Gasteiger partial charge is 0.464 e. The highest BCUT2D eigenvalue weighted by Gasteiger charge is 2.31. The fourth-order valence-corrected chi connectivity index (χ4v) is 2.25. The van der Waals surface area contributed by atoms with Gasteiger partial charge in [-0.1, -0.05) is 0 Å². The smallest absolute Gasteiger partial charge is 0.394 e. The third-order valence-electron chi connectivity index (χ3n) is 3.63. The zero-order valence-corrected chi connectivity index (χ0v) is 24.7. The van der Waals surface area contributed by atoms with Crippen LogP contribution in [-0.4, -0.2) is 118 Å². The Bertz CT molecular complexity index is 800. The number of hydrogen-bond donors (Lipinski definition) is 5. The SMILES string of the molecule is C1COCCN1.CCOC(=O)C(NC(C)=O)C(=O)OCC.CCOC(=O)C(NC(C)=O)C(=O)OCC.O=S(=O)(O)O. The fourth-order valence-electron chi connectivity index (χ4n) is 2.25. The summed E-state index contributed by atoms with van der Waals surface area (Å²) in [5.41, 5.74) is 0. The Morgan fingerprint density at radius 3 is 1.05 bits per heavy atom. The molecular formula is C22H41N3O15S. The number of rotatable bonds is 10. The summed E-state index contributed by atoms with van der Waals surface area (Å²) in [6.07, 6.45) is 0. The first-order chi connectivity index (χ1) is 19.0. The first-order valence-corrected chi connectivity index (χ1v) is 13.6. The van der Waals surface area contributed by atoms with Gasteiger partial charge in [-0.3, -0.25) is 18.7 Å². The number of ether oxygens (including phenoxy) is 5. The topological polar surface area (TPSA) is 259 Å². The first-order valence-electron chi connectivity index (χ1n) is 12.2. The normalized spacial score (nSPS) is 12.0. The maximum absolute atomic E-state index is 11.3. The summed E-state index contributed by atoms with van der Waals surface area (Å²) in [6.45, 7) is 13.2. The molecule has 1 saturated heterocycles. The summed E-state index contributed by atoms with van der Waals surface area (Å²) in [7, 11) is -4.67. The van der Waals surface area contributed by atoms with Crippen LogP contribution in [0.25, 0.3) is 0 Å². The monoisotopic (exact) mass is 619 g/mol. The second kappa shape index (κ2) is 25.6. The average molecular weight is 620 g/mol. The molecule has 1 aliphatic rings. The van der Waals surface area contributed by atoms with Crippen molar-refractivity contribution in [3.05, 3.63) is 0 Å². The quantitative estimate of drug-likeness (QED) is 0.0781. The lowest BCUT2D eigenvalue weighted by Gasteiger charge is -2.14. The number of esters is 4. The molecule has 0 bridgehead atoms. The van der Waals surface area contributed by atoms with Gasteiger partial charge in [0, 0.05) is 26.9 Å². The summed E-state index contributed by atoms with van der Waals surface area (Å²) in [5, 5.41) is 7.48. The van der Waals surface area contributed by atoms with Gasteiger partial charge in [-0.05, 0) is 27.7 Å². The highest BCUT2D eigenvalue weighted by Crippen LogP contribution is 1.95. The Labute approximate surface area is 238 Å². The molecule has 0 radical (unpaired) electrons. The van der Waals surface area contributed by atoms with Gasteiger partial charge in [-0.25, -0.2) is 19.2 Å². The van der Waals surface area contributed by atoms with Gasteiger partial charge in [0.15, 0.2) is 0 Å². The number of nitrogens with one attached hydrogen (secondary N) is 3. The molecule has 0 unspecified atom stereocenters. The Kier molecular flexibility index (Phi) is 26.2. The van der Waals surface area contributed by atoms with Gasteiger partial charge in [0.25, 0.3) is 0 Å². The Balaban J connectivity index is -0.000000517. The number of hydrogen-bond acceptors (Lipinski definition) is 14. The molecule has 0 saturated carbocycles. The van der Waals surface area contributed by atoms with E-state index in [2.05, 4.69) is 34.9 Å². The molecule has 1 aliphatic heterocycles. The third kappa shape index (κ3) is 29.4. The van der Waals surface area contributed by atoms with Crippen LogP contribution >= 0.6 is 0 Å². The van der Waals surface area contributed by atoms with E-state index < -0.39 is 58.2 Å². The molecule has 0 spiro atoms. The average Bonchev–Trinajstić information content (AvgIpc) is 2.87. The molecule has 1 rings (SSSR count). The third-order valence-corrected chi connectivity index (χ3v) is 3.63. The van der Waals surface area contributed by atoms with Gasteiger partial charge >= 0.3 is 34.3 Å². The fraction of sp³-hybridized carbons (Fsp3) is 0.727. The molecule has 18 nitrogen and oxygen atoms in total. The minimum Gasteiger partial charge on any atom is -0.464 e. The molecule has 0 aliphatic carbocycles. The van der Waals surface area contributed by atoms with Crippen molar-refractivity contribution in [3.8, 4) is 0 Å². The molecule has 0 aromatic rings. The predicted molar refractivity (Wildman–Crippen MR) is 140 cm³/mol. The van der Waals surface area contributed by atoms with Crippen molar-refractivity contribution in [2.45, 2.75) is 53.6 Å². The number of amides is 2. The van der Waals surface area contributed by atoms with Crippen molar-refractivity contribution in [2.75, 3.05) is 52.7 Å². The molecule has 41 heavy (non-hydrogen) atoms. The zero-order chi connectivity index (χ0) is 32.4. The van der Waals surface area contributed by atoms with Crippen LogP contribution in [0.1, 0.15) is 41.5 Å². The summed E-state index contributed by atoms with van der Waals surface area (Å²) in [5.74, 6) is -4.25. The maximum Gasteiger partial charge on any atom is 0.394 e. The summed E-state index contributed by atoms with van der Waals surface area (Å²) < 4.78 is 55.1. The molecule has 1 heterocycles. The van der Waals surface area contributed by atoms with Crippen LogP contribution in [0.4, 0.5) is 0 Å². The standard InChI is InChI=1S/2C9H15NO5.C4H9NO.H2O4S/c2*1-4-14-8(12)7(10-6(3)11)9(13)15-5-2;1-3-6-4-2-5-1;1-5(2,3)4/h2*7H,4-5H2,1-3H3,(H,10,11);5H,1-4H2;(H2,1,2,3,4). The number of morpholine rings is 1. The maximum atomic E-state index is 11.3. The van der Waals surface area contributed by atoms with Gasteiger partial charge in [-0.15, -0.1) is 0 Å². The molecule has 240 valence electrons. The highest BCUT2D eigenvalue weighted by molar-refractivity contribution is 7.79. The van der Waals surface area contributed by atoms with E-state index in [0.717, 1.165) is 26.3 Å². The lowest BCUT2D eigenvalue weighted by atomic mass is 10.3. The molecule has 0 aromatic carbocycles. The van der Waals surface area contributed by atoms with Crippen LogP contribution in [0.5, 0.6) is 0 Å². The number of carbonyl (C=O) groups excluding carboxylic acids is 6. The molecule has 0 aromatic heterocycles. The minimum atomic E-state index is -4.67. The van der Waals surface area contributed by atoms with Gasteiger partial charge in [-0.2, -0.15) is 8.42 Å². The lowest BCUT2D eigenvalue weighted by Crippen LogP contribution is -2.47. The van der Waals surface area contributed by atoms with E-state index in [-0.39, 0.29) is 26.4 Å². The van der Waals surface area contributed by atoms with E-state index in [0.29, 0.717) is 0 Å². The number of carbonyl (C=O) groups is 6. The van der Waals surface area contributed by atoms with Crippen LogP contribution in [0.15, 0.2) is 0 Å². The minimum absolute atomic E-state index is 0.133. The van der Waals surface area contributed by atoms with E-state index in [9.17, 15) is 28.8 Å². The summed E-state index contributed by atoms with van der Waals surface area (Å²) >= 11 is 0. The molecule has 19 heteroatoms. The van der Waals surface area contributed by atoms with E-state index in [1.807, 2.05) is 0 Å². The summed E-state index contributed by atoms with van der Waals surface area (Å²) in [6, 6.07) is -2.75. The van der Waals surface area contributed by atoms with Crippen LogP contribution < -0.4 is 16.0 Å². The van der Waals surface area contributed by atoms with Crippen molar-refractivity contribution in [3.63, 3.8) is 0 Å². The van der Waals surface area contributed by atoms with Crippen molar-refractivity contribution >= 4 is 46.1 Å². The second-order valence-electron chi connectivity index (χ2n) is 7.09. The van der Waals surface area contributed by atoms with Crippen molar-refractivity contribution in [1.82, 2.24) is 16.0 Å². The van der Waals surface area contributed by atoms with Crippen LogP contribution in [0.3, 0.4) is 0 Å². The van der Waals surface area contributed by atoms with Gasteiger partial charge in [0.1, 0.15) is 0 Å². The van der Waals surface area contributed by atoms with E-state index in [1.165, 1.54) is 13.8 Å². The van der Waals surface area contributed by atoms with Crippen molar-refractivity contribution in [2.24, 2.45) is 0 Å². The molecule has 2 amide bonds. The van der Waals surface area contributed by atoms with Gasteiger partial charge in [0.2, 0.25) is 23.9 Å². The molecule has 1 fully saturated rings. The first kappa shape index (κ1) is 42.1. The van der Waals surface area contributed by atoms with E-state index >= 15 is 0 Å². The van der Waals surface area contributed by atoms with Crippen LogP contribution in [0.2, 0.25) is 0 Å².